The minimum atomic E-state index is -4.04. The standard InChI is InChI=1S/C20H23ClN2O6S/c1-13(2)22-19(24)12-29-20(25)15-11-14(9-10-16(15)21)30(26,27)23(3)17-7-5-6-8-18(17)28-4/h5-11,13H,12H2,1-4H3,(H,22,24). The highest BCUT2D eigenvalue weighted by Crippen LogP contribution is 2.32. The monoisotopic (exact) mass is 454 g/mol. The normalized spacial score (nSPS) is 11.1. The Labute approximate surface area is 180 Å². The highest BCUT2D eigenvalue weighted by Gasteiger charge is 2.26. The number of carbonyl (C=O) groups excluding carboxylic acids is 2. The lowest BCUT2D eigenvalue weighted by molar-refractivity contribution is -0.124. The number of anilines is 1. The van der Waals surface area contributed by atoms with Crippen LogP contribution in [-0.2, 0) is 19.6 Å². The molecule has 0 aliphatic carbocycles. The molecule has 0 aliphatic rings. The van der Waals surface area contributed by atoms with E-state index in [1.54, 1.807) is 38.1 Å². The first-order chi connectivity index (χ1) is 14.1. The first kappa shape index (κ1) is 23.5. The number of sulfonamides is 1. The van der Waals surface area contributed by atoms with Crippen molar-refractivity contribution < 1.29 is 27.5 Å². The van der Waals surface area contributed by atoms with Crippen molar-refractivity contribution in [2.45, 2.75) is 24.8 Å². The number of amides is 1. The molecule has 10 heteroatoms. The molecule has 162 valence electrons. The van der Waals surface area contributed by atoms with Gasteiger partial charge in [0.15, 0.2) is 6.61 Å². The number of rotatable bonds is 8. The van der Waals surface area contributed by atoms with E-state index < -0.39 is 28.5 Å². The van der Waals surface area contributed by atoms with E-state index in [0.717, 1.165) is 10.4 Å². The Morgan fingerprint density at radius 2 is 1.83 bits per heavy atom. The van der Waals surface area contributed by atoms with E-state index in [4.69, 9.17) is 21.1 Å². The van der Waals surface area contributed by atoms with Crippen LogP contribution in [0.2, 0.25) is 5.02 Å². The number of halogens is 1. The van der Waals surface area contributed by atoms with Gasteiger partial charge in [0, 0.05) is 13.1 Å². The first-order valence-electron chi connectivity index (χ1n) is 8.96. The third-order valence-corrected chi connectivity index (χ3v) is 6.12. The summed E-state index contributed by atoms with van der Waals surface area (Å²) in [5, 5.41) is 2.58. The van der Waals surface area contributed by atoms with Crippen molar-refractivity contribution in [3.05, 3.63) is 53.1 Å². The summed E-state index contributed by atoms with van der Waals surface area (Å²) < 4.78 is 37.4. The van der Waals surface area contributed by atoms with Gasteiger partial charge < -0.3 is 14.8 Å². The van der Waals surface area contributed by atoms with E-state index in [1.807, 2.05) is 0 Å². The lowest BCUT2D eigenvalue weighted by Crippen LogP contribution is -2.34. The van der Waals surface area contributed by atoms with E-state index in [0.29, 0.717) is 11.4 Å². The minimum absolute atomic E-state index is 0.00293. The zero-order chi connectivity index (χ0) is 22.5. The predicted molar refractivity (Wildman–Crippen MR) is 114 cm³/mol. The maximum Gasteiger partial charge on any atom is 0.340 e. The SMILES string of the molecule is COc1ccccc1N(C)S(=O)(=O)c1ccc(Cl)c(C(=O)OCC(=O)NC(C)C)c1. The Bertz CT molecular complexity index is 1040. The molecule has 0 fully saturated rings. The quantitative estimate of drug-likeness (QED) is 0.615. The second kappa shape index (κ2) is 9.82. The largest absolute Gasteiger partial charge is 0.495 e. The molecule has 0 spiro atoms. The second-order valence-corrected chi connectivity index (χ2v) is 8.96. The Hall–Kier alpha value is -2.78. The molecule has 0 atom stereocenters. The summed E-state index contributed by atoms with van der Waals surface area (Å²) in [6.07, 6.45) is 0. The van der Waals surface area contributed by atoms with Crippen LogP contribution >= 0.6 is 11.6 Å². The number of benzene rings is 2. The molecule has 0 saturated carbocycles. The lowest BCUT2D eigenvalue weighted by atomic mass is 10.2. The molecule has 0 aliphatic heterocycles. The lowest BCUT2D eigenvalue weighted by Gasteiger charge is -2.22. The van der Waals surface area contributed by atoms with Crippen molar-refractivity contribution in [3.8, 4) is 5.75 Å². The molecular weight excluding hydrogens is 432 g/mol. The van der Waals surface area contributed by atoms with Crippen molar-refractivity contribution in [3.63, 3.8) is 0 Å². The maximum atomic E-state index is 13.1. The molecule has 0 bridgehead atoms. The van der Waals surface area contributed by atoms with E-state index in [2.05, 4.69) is 5.32 Å². The molecule has 0 unspecified atom stereocenters. The Kier molecular flexibility index (Phi) is 7.69. The molecule has 30 heavy (non-hydrogen) atoms. The zero-order valence-corrected chi connectivity index (χ0v) is 18.6. The number of para-hydroxylation sites is 2. The van der Waals surface area contributed by atoms with Gasteiger partial charge in [0.2, 0.25) is 0 Å². The summed E-state index contributed by atoms with van der Waals surface area (Å²) >= 11 is 6.06. The van der Waals surface area contributed by atoms with Crippen molar-refractivity contribution in [1.82, 2.24) is 5.32 Å². The Balaban J connectivity index is 2.30. The summed E-state index contributed by atoms with van der Waals surface area (Å²) in [5.74, 6) is -1.02. The molecule has 2 aromatic rings. The number of hydrogen-bond donors (Lipinski definition) is 1. The first-order valence-corrected chi connectivity index (χ1v) is 10.8. The summed E-state index contributed by atoms with van der Waals surface area (Å²) in [7, 11) is -1.23. The molecule has 2 aromatic carbocycles. The molecule has 0 radical (unpaired) electrons. The van der Waals surface area contributed by atoms with Gasteiger partial charge in [-0.05, 0) is 44.2 Å². The van der Waals surface area contributed by atoms with Gasteiger partial charge in [-0.3, -0.25) is 9.10 Å². The van der Waals surface area contributed by atoms with Crippen LogP contribution in [-0.4, -0.2) is 47.1 Å². The fourth-order valence-corrected chi connectivity index (χ4v) is 4.00. The third-order valence-electron chi connectivity index (χ3n) is 4.02. The highest BCUT2D eigenvalue weighted by molar-refractivity contribution is 7.92. The van der Waals surface area contributed by atoms with Gasteiger partial charge >= 0.3 is 5.97 Å². The smallest absolute Gasteiger partial charge is 0.340 e. The molecule has 8 nitrogen and oxygen atoms in total. The molecule has 0 aromatic heterocycles. The fraction of sp³-hybridized carbons (Fsp3) is 0.300. The van der Waals surface area contributed by atoms with Gasteiger partial charge in [0.1, 0.15) is 5.75 Å². The van der Waals surface area contributed by atoms with E-state index in [-0.39, 0.29) is 21.5 Å². The van der Waals surface area contributed by atoms with Crippen LogP contribution in [0.4, 0.5) is 5.69 Å². The highest BCUT2D eigenvalue weighted by atomic mass is 35.5. The van der Waals surface area contributed by atoms with Crippen LogP contribution < -0.4 is 14.4 Å². The molecule has 0 saturated heterocycles. The van der Waals surface area contributed by atoms with Crippen LogP contribution in [0.3, 0.4) is 0 Å². The summed E-state index contributed by atoms with van der Waals surface area (Å²) in [4.78, 5) is 23.9. The predicted octanol–water partition coefficient (Wildman–Crippen LogP) is 2.86. The van der Waals surface area contributed by atoms with Crippen LogP contribution in [0.1, 0.15) is 24.2 Å². The van der Waals surface area contributed by atoms with E-state index in [9.17, 15) is 18.0 Å². The van der Waals surface area contributed by atoms with E-state index >= 15 is 0 Å². The topological polar surface area (TPSA) is 102 Å². The number of ether oxygens (including phenoxy) is 2. The number of nitrogens with one attached hydrogen (secondary N) is 1. The molecular formula is C20H23ClN2O6S. The maximum absolute atomic E-state index is 13.1. The van der Waals surface area contributed by atoms with Gasteiger partial charge in [-0.25, -0.2) is 13.2 Å². The average Bonchev–Trinajstić information content (AvgIpc) is 2.71. The average molecular weight is 455 g/mol. The number of hydrogen-bond acceptors (Lipinski definition) is 6. The molecule has 1 amide bonds. The summed E-state index contributed by atoms with van der Waals surface area (Å²) in [6, 6.07) is 10.2. The van der Waals surface area contributed by atoms with Gasteiger partial charge in [-0.2, -0.15) is 0 Å². The van der Waals surface area contributed by atoms with Gasteiger partial charge in [0.25, 0.3) is 15.9 Å². The fourth-order valence-electron chi connectivity index (χ4n) is 2.57. The van der Waals surface area contributed by atoms with E-state index in [1.165, 1.54) is 26.3 Å². The summed E-state index contributed by atoms with van der Waals surface area (Å²) in [6.45, 7) is 3.03. The van der Waals surface area contributed by atoms with Crippen molar-refractivity contribution in [1.29, 1.82) is 0 Å². The number of carbonyl (C=O) groups is 2. The van der Waals surface area contributed by atoms with Crippen molar-refractivity contribution in [2.75, 3.05) is 25.1 Å². The zero-order valence-electron chi connectivity index (χ0n) is 17.0. The van der Waals surface area contributed by atoms with Crippen LogP contribution in [0.5, 0.6) is 5.75 Å². The van der Waals surface area contributed by atoms with Crippen molar-refractivity contribution >= 4 is 39.2 Å². The van der Waals surface area contributed by atoms with Gasteiger partial charge in [-0.15, -0.1) is 0 Å². The number of methoxy groups -OCH3 is 1. The minimum Gasteiger partial charge on any atom is -0.495 e. The number of nitrogens with zero attached hydrogens (tertiary/aromatic N) is 1. The van der Waals surface area contributed by atoms with Gasteiger partial charge in [-0.1, -0.05) is 23.7 Å². The van der Waals surface area contributed by atoms with Gasteiger partial charge in [0.05, 0.1) is 28.3 Å². The summed E-state index contributed by atoms with van der Waals surface area (Å²) in [5.41, 5.74) is 0.160. The van der Waals surface area contributed by atoms with Crippen LogP contribution in [0.25, 0.3) is 0 Å². The molecule has 0 heterocycles. The number of esters is 1. The van der Waals surface area contributed by atoms with Crippen molar-refractivity contribution in [2.24, 2.45) is 0 Å². The molecule has 1 N–H and O–H groups in total. The van der Waals surface area contributed by atoms with Crippen LogP contribution in [0.15, 0.2) is 47.4 Å². The molecule has 2 rings (SSSR count). The third kappa shape index (κ3) is 5.43. The Morgan fingerprint density at radius 1 is 1.17 bits per heavy atom. The van der Waals surface area contributed by atoms with Crippen LogP contribution in [0, 0.1) is 0 Å². The second-order valence-electron chi connectivity index (χ2n) is 6.58. The Morgan fingerprint density at radius 3 is 2.47 bits per heavy atom.